The lowest BCUT2D eigenvalue weighted by atomic mass is 10.1. The summed E-state index contributed by atoms with van der Waals surface area (Å²) < 4.78 is 6.18. The molecule has 0 saturated heterocycles. The standard InChI is InChI=1S/C17H14N2O4S/c1-2-23-17(22)12-9-24-15-14(12)16(21)19(10-18-15)8-13(20)11-6-4-3-5-7-11/h3-7,9-10H,2,8H2,1H3. The quantitative estimate of drug-likeness (QED) is 0.526. The topological polar surface area (TPSA) is 78.3 Å². The first-order chi connectivity index (χ1) is 11.6. The zero-order chi connectivity index (χ0) is 17.1. The second kappa shape index (κ2) is 6.76. The second-order valence-electron chi connectivity index (χ2n) is 5.02. The molecule has 122 valence electrons. The summed E-state index contributed by atoms with van der Waals surface area (Å²) in [4.78, 5) is 41.5. The SMILES string of the molecule is CCOC(=O)c1csc2ncn(CC(=O)c3ccccc3)c(=O)c12. The van der Waals surface area contributed by atoms with E-state index in [9.17, 15) is 14.4 Å². The molecule has 0 aliphatic heterocycles. The van der Waals surface area contributed by atoms with E-state index >= 15 is 0 Å². The summed E-state index contributed by atoms with van der Waals surface area (Å²) in [6.07, 6.45) is 1.33. The van der Waals surface area contributed by atoms with Crippen molar-refractivity contribution in [2.45, 2.75) is 13.5 Å². The average molecular weight is 342 g/mol. The molecule has 0 bridgehead atoms. The van der Waals surface area contributed by atoms with Gasteiger partial charge in [0.25, 0.3) is 5.56 Å². The van der Waals surface area contributed by atoms with E-state index in [4.69, 9.17) is 4.74 Å². The molecule has 0 atom stereocenters. The monoisotopic (exact) mass is 342 g/mol. The summed E-state index contributed by atoms with van der Waals surface area (Å²) >= 11 is 1.20. The van der Waals surface area contributed by atoms with Gasteiger partial charge in [0, 0.05) is 10.9 Å². The maximum absolute atomic E-state index is 12.7. The van der Waals surface area contributed by atoms with Gasteiger partial charge in [-0.1, -0.05) is 30.3 Å². The minimum absolute atomic E-state index is 0.135. The van der Waals surface area contributed by atoms with Crippen molar-refractivity contribution >= 4 is 33.3 Å². The van der Waals surface area contributed by atoms with Crippen LogP contribution >= 0.6 is 11.3 Å². The fraction of sp³-hybridized carbons (Fsp3) is 0.176. The molecule has 3 aromatic rings. The molecule has 0 unspecified atom stereocenters. The van der Waals surface area contributed by atoms with Gasteiger partial charge in [-0.3, -0.25) is 14.2 Å². The number of hydrogen-bond acceptors (Lipinski definition) is 6. The Balaban J connectivity index is 1.99. The van der Waals surface area contributed by atoms with Gasteiger partial charge >= 0.3 is 5.97 Å². The van der Waals surface area contributed by atoms with E-state index in [2.05, 4.69) is 4.98 Å². The van der Waals surface area contributed by atoms with Crippen LogP contribution in [-0.4, -0.2) is 27.9 Å². The summed E-state index contributed by atoms with van der Waals surface area (Å²) in [5.41, 5.74) is 0.282. The third kappa shape index (κ3) is 2.98. The van der Waals surface area contributed by atoms with E-state index in [0.29, 0.717) is 10.4 Å². The van der Waals surface area contributed by atoms with Crippen LogP contribution in [0.25, 0.3) is 10.2 Å². The van der Waals surface area contributed by atoms with Crippen LogP contribution in [-0.2, 0) is 11.3 Å². The lowest BCUT2D eigenvalue weighted by Gasteiger charge is -2.05. The van der Waals surface area contributed by atoms with Crippen molar-refractivity contribution in [2.75, 3.05) is 6.61 Å². The van der Waals surface area contributed by atoms with E-state index in [1.54, 1.807) is 36.6 Å². The molecule has 7 heteroatoms. The molecular weight excluding hydrogens is 328 g/mol. The number of ether oxygens (including phenoxy) is 1. The van der Waals surface area contributed by atoms with Crippen LogP contribution in [0.2, 0.25) is 0 Å². The summed E-state index contributed by atoms with van der Waals surface area (Å²) in [6, 6.07) is 8.71. The van der Waals surface area contributed by atoms with Crippen LogP contribution in [0.15, 0.2) is 46.8 Å². The molecule has 0 spiro atoms. The molecule has 1 aromatic carbocycles. The number of Topliss-reactive ketones (excluding diaryl/α,β-unsaturated/α-hetero) is 1. The summed E-state index contributed by atoms with van der Waals surface area (Å²) in [5.74, 6) is -0.762. The highest BCUT2D eigenvalue weighted by molar-refractivity contribution is 7.17. The average Bonchev–Trinajstić information content (AvgIpc) is 3.03. The van der Waals surface area contributed by atoms with Crippen LogP contribution in [0.3, 0.4) is 0 Å². The maximum Gasteiger partial charge on any atom is 0.339 e. The van der Waals surface area contributed by atoms with Gasteiger partial charge in [-0.05, 0) is 6.92 Å². The molecule has 24 heavy (non-hydrogen) atoms. The largest absolute Gasteiger partial charge is 0.462 e. The van der Waals surface area contributed by atoms with Crippen LogP contribution in [0, 0.1) is 0 Å². The summed E-state index contributed by atoms with van der Waals surface area (Å²) in [6.45, 7) is 1.78. The Morgan fingerprint density at radius 1 is 1.25 bits per heavy atom. The normalized spacial score (nSPS) is 10.7. The minimum atomic E-state index is -0.560. The Morgan fingerprint density at radius 3 is 2.71 bits per heavy atom. The number of aromatic nitrogens is 2. The number of ketones is 1. The number of fused-ring (bicyclic) bond motifs is 1. The molecule has 0 N–H and O–H groups in total. The highest BCUT2D eigenvalue weighted by Crippen LogP contribution is 2.21. The molecule has 0 aliphatic rings. The Hall–Kier alpha value is -2.80. The number of thiophene rings is 1. The molecule has 3 rings (SSSR count). The Bertz CT molecular complexity index is 960. The summed E-state index contributed by atoms with van der Waals surface area (Å²) in [7, 11) is 0. The molecule has 0 saturated carbocycles. The molecule has 0 amide bonds. The third-order valence-corrected chi connectivity index (χ3v) is 4.35. The van der Waals surface area contributed by atoms with Crippen molar-refractivity contribution < 1.29 is 14.3 Å². The van der Waals surface area contributed by atoms with Crippen molar-refractivity contribution in [3.8, 4) is 0 Å². The molecule has 2 aromatic heterocycles. The zero-order valence-electron chi connectivity index (χ0n) is 12.9. The van der Waals surface area contributed by atoms with Crippen LogP contribution in [0.5, 0.6) is 0 Å². The maximum atomic E-state index is 12.7. The lowest BCUT2D eigenvalue weighted by molar-refractivity contribution is 0.0529. The number of hydrogen-bond donors (Lipinski definition) is 0. The van der Waals surface area contributed by atoms with Crippen LogP contribution < -0.4 is 5.56 Å². The highest BCUT2D eigenvalue weighted by atomic mass is 32.1. The Morgan fingerprint density at radius 2 is 2.00 bits per heavy atom. The van der Waals surface area contributed by atoms with Crippen molar-refractivity contribution in [3.05, 3.63) is 63.5 Å². The number of carbonyl (C=O) groups excluding carboxylic acids is 2. The Labute approximate surface area is 141 Å². The van der Waals surface area contributed by atoms with Gasteiger partial charge in [-0.15, -0.1) is 11.3 Å². The third-order valence-electron chi connectivity index (χ3n) is 3.47. The Kier molecular flexibility index (Phi) is 4.52. The van der Waals surface area contributed by atoms with Crippen LogP contribution in [0.1, 0.15) is 27.6 Å². The number of esters is 1. The van der Waals surface area contributed by atoms with E-state index in [-0.39, 0.29) is 29.9 Å². The van der Waals surface area contributed by atoms with E-state index in [0.717, 1.165) is 0 Å². The number of nitrogens with zero attached hydrogens (tertiary/aromatic N) is 2. The van der Waals surface area contributed by atoms with Crippen molar-refractivity contribution in [1.82, 2.24) is 9.55 Å². The second-order valence-corrected chi connectivity index (χ2v) is 5.87. The van der Waals surface area contributed by atoms with Gasteiger partial charge in [0.1, 0.15) is 4.83 Å². The highest BCUT2D eigenvalue weighted by Gasteiger charge is 2.19. The molecular formula is C17H14N2O4S. The predicted octanol–water partition coefficient (Wildman–Crippen LogP) is 2.52. The molecule has 6 nitrogen and oxygen atoms in total. The lowest BCUT2D eigenvalue weighted by Crippen LogP contribution is -2.25. The van der Waals surface area contributed by atoms with Gasteiger partial charge in [0.05, 0.1) is 30.4 Å². The number of benzene rings is 1. The zero-order valence-corrected chi connectivity index (χ0v) is 13.7. The number of carbonyl (C=O) groups is 2. The molecule has 2 heterocycles. The molecule has 0 radical (unpaired) electrons. The van der Waals surface area contributed by atoms with Gasteiger partial charge < -0.3 is 4.74 Å². The van der Waals surface area contributed by atoms with Gasteiger partial charge in [0.2, 0.25) is 0 Å². The van der Waals surface area contributed by atoms with E-state index in [1.165, 1.54) is 22.2 Å². The number of rotatable bonds is 5. The van der Waals surface area contributed by atoms with E-state index < -0.39 is 11.5 Å². The van der Waals surface area contributed by atoms with Crippen molar-refractivity contribution in [1.29, 1.82) is 0 Å². The smallest absolute Gasteiger partial charge is 0.339 e. The van der Waals surface area contributed by atoms with Crippen LogP contribution in [0.4, 0.5) is 0 Å². The molecule has 0 aliphatic carbocycles. The fourth-order valence-electron chi connectivity index (χ4n) is 2.31. The van der Waals surface area contributed by atoms with Gasteiger partial charge in [-0.25, -0.2) is 9.78 Å². The van der Waals surface area contributed by atoms with Gasteiger partial charge in [0.15, 0.2) is 5.78 Å². The first kappa shape index (κ1) is 16.1. The first-order valence-corrected chi connectivity index (χ1v) is 8.21. The first-order valence-electron chi connectivity index (χ1n) is 7.33. The van der Waals surface area contributed by atoms with Crippen molar-refractivity contribution in [2.24, 2.45) is 0 Å². The molecule has 0 fully saturated rings. The minimum Gasteiger partial charge on any atom is -0.462 e. The summed E-state index contributed by atoms with van der Waals surface area (Å²) in [5, 5.41) is 1.75. The van der Waals surface area contributed by atoms with Gasteiger partial charge in [-0.2, -0.15) is 0 Å². The van der Waals surface area contributed by atoms with E-state index in [1.807, 2.05) is 6.07 Å². The van der Waals surface area contributed by atoms with Crippen molar-refractivity contribution in [3.63, 3.8) is 0 Å². The predicted molar refractivity (Wildman–Crippen MR) is 90.6 cm³/mol. The fourth-order valence-corrected chi connectivity index (χ4v) is 3.18.